The van der Waals surface area contributed by atoms with E-state index in [1.165, 1.54) is 6.42 Å². The number of hydrogen-bond acceptors (Lipinski definition) is 4. The molecule has 0 radical (unpaired) electrons. The van der Waals surface area contributed by atoms with E-state index in [9.17, 15) is 4.79 Å². The van der Waals surface area contributed by atoms with Gasteiger partial charge in [0, 0.05) is 43.8 Å². The molecule has 3 rings (SSSR count). The van der Waals surface area contributed by atoms with Crippen molar-refractivity contribution in [1.82, 2.24) is 15.5 Å². The second kappa shape index (κ2) is 12.7. The molecular formula is C24H39N5O2. The van der Waals surface area contributed by atoms with E-state index in [0.29, 0.717) is 12.6 Å². The summed E-state index contributed by atoms with van der Waals surface area (Å²) in [7, 11) is 0. The van der Waals surface area contributed by atoms with Crippen LogP contribution in [0.1, 0.15) is 51.5 Å². The molecule has 0 bridgehead atoms. The molecule has 1 aromatic rings. The lowest BCUT2D eigenvalue weighted by atomic mass is 9.88. The number of hydrogen-bond donors (Lipinski definition) is 3. The zero-order valence-corrected chi connectivity index (χ0v) is 19.2. The Kier molecular flexibility index (Phi) is 9.62. The van der Waals surface area contributed by atoms with Crippen molar-refractivity contribution in [2.75, 3.05) is 44.7 Å². The predicted octanol–water partition coefficient (Wildman–Crippen LogP) is 2.98. The van der Waals surface area contributed by atoms with Crippen LogP contribution in [0, 0.1) is 5.92 Å². The Morgan fingerprint density at radius 2 is 1.97 bits per heavy atom. The number of carbonyl (C=O) groups is 1. The molecule has 1 saturated heterocycles. The summed E-state index contributed by atoms with van der Waals surface area (Å²) < 4.78 is 5.45. The molecule has 7 nitrogen and oxygen atoms in total. The summed E-state index contributed by atoms with van der Waals surface area (Å²) in [5, 5.41) is 9.90. The molecule has 1 aliphatic heterocycles. The minimum atomic E-state index is 0.160. The van der Waals surface area contributed by atoms with E-state index in [-0.39, 0.29) is 11.8 Å². The molecule has 1 saturated carbocycles. The number of nitrogens with zero attached hydrogens (tertiary/aromatic N) is 2. The Bertz CT molecular complexity index is 712. The molecule has 2 fully saturated rings. The maximum Gasteiger partial charge on any atom is 0.227 e. The lowest BCUT2D eigenvalue weighted by Crippen LogP contribution is -2.49. The molecule has 2 aliphatic rings. The molecule has 3 N–H and O–H groups in total. The van der Waals surface area contributed by atoms with Gasteiger partial charge in [0.15, 0.2) is 5.96 Å². The zero-order chi connectivity index (χ0) is 21.9. The normalized spacial score (nSPS) is 19.6. The van der Waals surface area contributed by atoms with Gasteiger partial charge in [0.25, 0.3) is 0 Å². The summed E-state index contributed by atoms with van der Waals surface area (Å²) in [6, 6.07) is 8.46. The highest BCUT2D eigenvalue weighted by molar-refractivity contribution is 5.92. The Balaban J connectivity index is 1.52. The van der Waals surface area contributed by atoms with Gasteiger partial charge in [-0.25, -0.2) is 4.99 Å². The number of benzene rings is 1. The zero-order valence-electron chi connectivity index (χ0n) is 19.2. The molecule has 172 valence electrons. The second-order valence-corrected chi connectivity index (χ2v) is 8.60. The van der Waals surface area contributed by atoms with E-state index >= 15 is 0 Å². The fourth-order valence-electron chi connectivity index (χ4n) is 4.26. The fraction of sp³-hybridized carbons (Fsp3) is 0.667. The summed E-state index contributed by atoms with van der Waals surface area (Å²) in [5.41, 5.74) is 1.95. The van der Waals surface area contributed by atoms with E-state index in [1.54, 1.807) is 0 Å². The third-order valence-electron chi connectivity index (χ3n) is 6.17. The van der Waals surface area contributed by atoms with Crippen LogP contribution in [-0.4, -0.2) is 62.2 Å². The van der Waals surface area contributed by atoms with Crippen molar-refractivity contribution in [2.45, 2.75) is 58.5 Å². The average molecular weight is 430 g/mol. The van der Waals surface area contributed by atoms with Gasteiger partial charge in [-0.15, -0.1) is 0 Å². The highest BCUT2D eigenvalue weighted by Crippen LogP contribution is 2.25. The molecule has 7 heteroatoms. The van der Waals surface area contributed by atoms with Crippen molar-refractivity contribution >= 4 is 17.6 Å². The van der Waals surface area contributed by atoms with Gasteiger partial charge in [0.05, 0.1) is 19.8 Å². The first-order chi connectivity index (χ1) is 15.2. The van der Waals surface area contributed by atoms with Crippen LogP contribution < -0.4 is 16.0 Å². The third kappa shape index (κ3) is 7.82. The number of rotatable bonds is 8. The Labute approximate surface area is 187 Å². The number of aliphatic imine (C=N–C) groups is 1. The van der Waals surface area contributed by atoms with Crippen LogP contribution in [-0.2, 0) is 16.1 Å². The maximum absolute atomic E-state index is 12.5. The maximum atomic E-state index is 12.5. The van der Waals surface area contributed by atoms with Crippen molar-refractivity contribution < 1.29 is 9.53 Å². The van der Waals surface area contributed by atoms with Gasteiger partial charge in [-0.1, -0.05) is 31.4 Å². The number of nitrogens with one attached hydrogen (secondary N) is 3. The highest BCUT2D eigenvalue weighted by atomic mass is 16.5. The fourth-order valence-corrected chi connectivity index (χ4v) is 4.26. The molecular weight excluding hydrogens is 390 g/mol. The summed E-state index contributed by atoms with van der Waals surface area (Å²) >= 11 is 0. The molecule has 31 heavy (non-hydrogen) atoms. The van der Waals surface area contributed by atoms with Crippen molar-refractivity contribution in [3.05, 3.63) is 29.8 Å². The summed E-state index contributed by atoms with van der Waals surface area (Å²) in [6.07, 6.45) is 5.60. The van der Waals surface area contributed by atoms with Crippen LogP contribution >= 0.6 is 0 Å². The molecule has 1 aliphatic carbocycles. The minimum absolute atomic E-state index is 0.160. The van der Waals surface area contributed by atoms with Crippen LogP contribution in [0.3, 0.4) is 0 Å². The van der Waals surface area contributed by atoms with Crippen LogP contribution in [0.4, 0.5) is 5.69 Å². The molecule has 0 aromatic heterocycles. The standard InChI is InChI=1S/C24H39N5O2/c1-3-25-24(26-17-19(2)29-12-14-31-15-13-29)27-18-20-8-7-11-22(16-20)28-23(30)21-9-5-4-6-10-21/h7-8,11,16,19,21H,3-6,9-10,12-15,17-18H2,1-2H3,(H,28,30)(H2,25,26,27). The van der Waals surface area contributed by atoms with Crippen LogP contribution in [0.2, 0.25) is 0 Å². The van der Waals surface area contributed by atoms with Gasteiger partial charge in [-0.05, 0) is 44.4 Å². The average Bonchev–Trinajstić information content (AvgIpc) is 2.82. The van der Waals surface area contributed by atoms with E-state index in [0.717, 1.165) is 82.3 Å². The molecule has 1 heterocycles. The number of ether oxygens (including phenoxy) is 1. The Hall–Kier alpha value is -2.12. The van der Waals surface area contributed by atoms with Crippen LogP contribution in [0.25, 0.3) is 0 Å². The molecule has 1 amide bonds. The van der Waals surface area contributed by atoms with Gasteiger partial charge < -0.3 is 20.7 Å². The van der Waals surface area contributed by atoms with Crippen molar-refractivity contribution in [2.24, 2.45) is 10.9 Å². The lowest BCUT2D eigenvalue weighted by molar-refractivity contribution is -0.120. The van der Waals surface area contributed by atoms with E-state index in [1.807, 2.05) is 18.2 Å². The first-order valence-electron chi connectivity index (χ1n) is 11.9. The molecule has 1 aromatic carbocycles. The summed E-state index contributed by atoms with van der Waals surface area (Å²) in [6.45, 7) is 10.1. The van der Waals surface area contributed by atoms with Crippen LogP contribution in [0.5, 0.6) is 0 Å². The minimum Gasteiger partial charge on any atom is -0.379 e. The van der Waals surface area contributed by atoms with E-state index in [4.69, 9.17) is 9.73 Å². The number of guanidine groups is 1. The molecule has 0 spiro atoms. The van der Waals surface area contributed by atoms with E-state index < -0.39 is 0 Å². The van der Waals surface area contributed by atoms with Gasteiger partial charge in [0.1, 0.15) is 0 Å². The van der Waals surface area contributed by atoms with Gasteiger partial charge >= 0.3 is 0 Å². The number of amides is 1. The first-order valence-corrected chi connectivity index (χ1v) is 11.9. The topological polar surface area (TPSA) is 78.0 Å². The van der Waals surface area contributed by atoms with Crippen LogP contribution in [0.15, 0.2) is 29.3 Å². The van der Waals surface area contributed by atoms with Crippen molar-refractivity contribution in [3.8, 4) is 0 Å². The summed E-state index contributed by atoms with van der Waals surface area (Å²) in [5.74, 6) is 1.14. The first kappa shape index (κ1) is 23.5. The van der Waals surface area contributed by atoms with Crippen molar-refractivity contribution in [3.63, 3.8) is 0 Å². The summed E-state index contributed by atoms with van der Waals surface area (Å²) in [4.78, 5) is 19.7. The van der Waals surface area contributed by atoms with Gasteiger partial charge in [0.2, 0.25) is 5.91 Å². The SMILES string of the molecule is CCNC(=NCc1cccc(NC(=O)C2CCCCC2)c1)NCC(C)N1CCOCC1. The van der Waals surface area contributed by atoms with E-state index in [2.05, 4.69) is 40.8 Å². The Morgan fingerprint density at radius 3 is 2.71 bits per heavy atom. The lowest BCUT2D eigenvalue weighted by Gasteiger charge is -2.32. The van der Waals surface area contributed by atoms with Gasteiger partial charge in [-0.2, -0.15) is 0 Å². The Morgan fingerprint density at radius 1 is 1.19 bits per heavy atom. The second-order valence-electron chi connectivity index (χ2n) is 8.60. The number of carbonyl (C=O) groups excluding carboxylic acids is 1. The smallest absolute Gasteiger partial charge is 0.227 e. The highest BCUT2D eigenvalue weighted by Gasteiger charge is 2.21. The predicted molar refractivity (Wildman–Crippen MR) is 126 cm³/mol. The number of anilines is 1. The number of morpholine rings is 1. The monoisotopic (exact) mass is 429 g/mol. The quantitative estimate of drug-likeness (QED) is 0.437. The molecule has 1 unspecified atom stereocenters. The molecule has 1 atom stereocenters. The van der Waals surface area contributed by atoms with Gasteiger partial charge in [-0.3, -0.25) is 9.69 Å². The largest absolute Gasteiger partial charge is 0.379 e. The van der Waals surface area contributed by atoms with Crippen molar-refractivity contribution in [1.29, 1.82) is 0 Å². The third-order valence-corrected chi connectivity index (χ3v) is 6.17.